The van der Waals surface area contributed by atoms with Gasteiger partial charge in [0.25, 0.3) is 5.91 Å². The molecule has 32 heavy (non-hydrogen) atoms. The molecular formula is C21H31F3N4O4. The summed E-state index contributed by atoms with van der Waals surface area (Å²) < 4.78 is 37.3. The number of aromatic nitrogens is 2. The molecule has 0 bridgehead atoms. The number of piperidine rings is 1. The van der Waals surface area contributed by atoms with Gasteiger partial charge in [-0.2, -0.15) is 13.2 Å². The maximum Gasteiger partial charge on any atom is 0.490 e. The van der Waals surface area contributed by atoms with Gasteiger partial charge in [-0.3, -0.25) is 4.79 Å². The normalized spacial score (nSPS) is 20.8. The largest absolute Gasteiger partial charge is 0.490 e. The van der Waals surface area contributed by atoms with Crippen LogP contribution in [-0.4, -0.2) is 89.4 Å². The number of rotatable bonds is 5. The second-order valence-corrected chi connectivity index (χ2v) is 8.77. The quantitative estimate of drug-likeness (QED) is 0.722. The van der Waals surface area contributed by atoms with E-state index in [1.165, 1.54) is 0 Å². The molecule has 1 aromatic rings. The number of hydrogen-bond acceptors (Lipinski definition) is 6. The van der Waals surface area contributed by atoms with Crippen LogP contribution in [0, 0.1) is 17.3 Å². The number of carboxylic acid groups (broad SMARTS) is 1. The first-order valence-electron chi connectivity index (χ1n) is 10.6. The molecule has 1 N–H and O–H groups in total. The summed E-state index contributed by atoms with van der Waals surface area (Å²) in [4.78, 5) is 34.2. The Morgan fingerprint density at radius 1 is 1.25 bits per heavy atom. The van der Waals surface area contributed by atoms with Crippen molar-refractivity contribution in [2.45, 2.75) is 32.9 Å². The summed E-state index contributed by atoms with van der Waals surface area (Å²) in [6.07, 6.45) is 0.241. The van der Waals surface area contributed by atoms with Gasteiger partial charge in [0.15, 0.2) is 0 Å². The molecule has 3 heterocycles. The first-order chi connectivity index (χ1) is 15.0. The molecule has 0 saturated carbocycles. The molecule has 2 aliphatic heterocycles. The predicted octanol–water partition coefficient (Wildman–Crippen LogP) is 2.57. The lowest BCUT2D eigenvalue weighted by Gasteiger charge is -2.42. The van der Waals surface area contributed by atoms with Gasteiger partial charge in [0.2, 0.25) is 5.82 Å². The molecular weight excluding hydrogens is 429 g/mol. The highest BCUT2D eigenvalue weighted by Crippen LogP contribution is 2.45. The Balaban J connectivity index is 0.000000451. The number of likely N-dealkylation sites (tertiary alicyclic amines) is 2. The van der Waals surface area contributed by atoms with Crippen molar-refractivity contribution in [3.8, 4) is 0 Å². The third kappa shape index (κ3) is 6.86. The van der Waals surface area contributed by atoms with E-state index in [2.05, 4.69) is 28.7 Å². The van der Waals surface area contributed by atoms with Crippen LogP contribution in [0.15, 0.2) is 18.5 Å². The van der Waals surface area contributed by atoms with Gasteiger partial charge in [-0.1, -0.05) is 13.8 Å². The standard InChI is InChI=1S/C19H30N4O2.C2HF3O2/c1-15(2)11-22-12-16(13-25-3)19(14-22)5-9-23(10-6-19)18(24)17-20-7-4-8-21-17;3-2(4,5)1(6)7/h4,7-8,15-16H,5-6,9-14H2,1-3H3;(H,6,7). The number of carboxylic acids is 1. The summed E-state index contributed by atoms with van der Waals surface area (Å²) in [5.41, 5.74) is 0.277. The summed E-state index contributed by atoms with van der Waals surface area (Å²) in [5.74, 6) is -1.26. The van der Waals surface area contributed by atoms with Crippen LogP contribution in [0.25, 0.3) is 0 Å². The highest BCUT2D eigenvalue weighted by molar-refractivity contribution is 5.90. The third-order valence-electron chi connectivity index (χ3n) is 5.92. The Bertz CT molecular complexity index is 753. The molecule has 1 aromatic heterocycles. The molecule has 0 aliphatic carbocycles. The number of hydrogen-bond donors (Lipinski definition) is 1. The Hall–Kier alpha value is -2.27. The van der Waals surface area contributed by atoms with E-state index in [0.717, 1.165) is 52.2 Å². The predicted molar refractivity (Wildman–Crippen MR) is 110 cm³/mol. The summed E-state index contributed by atoms with van der Waals surface area (Å²) >= 11 is 0. The average Bonchev–Trinajstić information content (AvgIpc) is 3.04. The maximum absolute atomic E-state index is 12.6. The monoisotopic (exact) mass is 460 g/mol. The Morgan fingerprint density at radius 3 is 2.28 bits per heavy atom. The molecule has 180 valence electrons. The Morgan fingerprint density at radius 2 is 1.81 bits per heavy atom. The number of alkyl halides is 3. The summed E-state index contributed by atoms with van der Waals surface area (Å²) in [5, 5.41) is 7.12. The SMILES string of the molecule is COCC1CN(CC(C)C)CC12CCN(C(=O)c1ncccn1)CC2.O=C(O)C(F)(F)F. The summed E-state index contributed by atoms with van der Waals surface area (Å²) in [6, 6.07) is 1.74. The fraction of sp³-hybridized carbons (Fsp3) is 0.714. The number of nitrogens with zero attached hydrogens (tertiary/aromatic N) is 4. The molecule has 1 amide bonds. The molecule has 1 atom stereocenters. The minimum absolute atomic E-state index is 0.0456. The number of amides is 1. The van der Waals surface area contributed by atoms with Crippen molar-refractivity contribution >= 4 is 11.9 Å². The smallest absolute Gasteiger partial charge is 0.475 e. The Kier molecular flexibility index (Phi) is 8.97. The molecule has 1 spiro atoms. The van der Waals surface area contributed by atoms with E-state index in [4.69, 9.17) is 14.6 Å². The fourth-order valence-electron chi connectivity index (χ4n) is 4.50. The van der Waals surface area contributed by atoms with Crippen molar-refractivity contribution in [2.24, 2.45) is 17.3 Å². The van der Waals surface area contributed by atoms with Crippen molar-refractivity contribution in [3.63, 3.8) is 0 Å². The van der Waals surface area contributed by atoms with Gasteiger partial charge in [-0.15, -0.1) is 0 Å². The molecule has 2 fully saturated rings. The molecule has 11 heteroatoms. The summed E-state index contributed by atoms with van der Waals surface area (Å²) in [6.45, 7) is 10.3. The van der Waals surface area contributed by atoms with Crippen molar-refractivity contribution in [2.75, 3.05) is 46.4 Å². The van der Waals surface area contributed by atoms with E-state index in [9.17, 15) is 18.0 Å². The van der Waals surface area contributed by atoms with Crippen LogP contribution in [0.1, 0.15) is 37.3 Å². The second-order valence-electron chi connectivity index (χ2n) is 8.77. The molecule has 2 aliphatic rings. The number of methoxy groups -OCH3 is 1. The molecule has 8 nitrogen and oxygen atoms in total. The van der Waals surface area contributed by atoms with E-state index in [-0.39, 0.29) is 11.3 Å². The molecule has 2 saturated heterocycles. The zero-order chi connectivity index (χ0) is 23.9. The van der Waals surface area contributed by atoms with Gasteiger partial charge < -0.3 is 19.6 Å². The van der Waals surface area contributed by atoms with Crippen LogP contribution in [0.3, 0.4) is 0 Å². The van der Waals surface area contributed by atoms with Crippen LogP contribution >= 0.6 is 0 Å². The lowest BCUT2D eigenvalue weighted by atomic mass is 9.71. The average molecular weight is 460 g/mol. The van der Waals surface area contributed by atoms with E-state index >= 15 is 0 Å². The molecule has 1 unspecified atom stereocenters. The zero-order valence-corrected chi connectivity index (χ0v) is 18.6. The van der Waals surface area contributed by atoms with Gasteiger partial charge in [-0.05, 0) is 30.2 Å². The van der Waals surface area contributed by atoms with Gasteiger partial charge in [0, 0.05) is 58.1 Å². The van der Waals surface area contributed by atoms with Crippen LogP contribution in [0.2, 0.25) is 0 Å². The van der Waals surface area contributed by atoms with E-state index in [0.29, 0.717) is 17.7 Å². The summed E-state index contributed by atoms with van der Waals surface area (Å²) in [7, 11) is 1.80. The van der Waals surface area contributed by atoms with Crippen molar-refractivity contribution < 1.29 is 32.6 Å². The van der Waals surface area contributed by atoms with Crippen LogP contribution in [0.5, 0.6) is 0 Å². The van der Waals surface area contributed by atoms with Crippen molar-refractivity contribution in [1.29, 1.82) is 0 Å². The number of carbonyl (C=O) groups is 2. The first kappa shape index (κ1) is 26.0. The van der Waals surface area contributed by atoms with E-state index < -0.39 is 12.1 Å². The van der Waals surface area contributed by atoms with Crippen molar-refractivity contribution in [1.82, 2.24) is 19.8 Å². The Labute approximate surface area is 185 Å². The van der Waals surface area contributed by atoms with E-state index in [1.807, 2.05) is 4.90 Å². The van der Waals surface area contributed by atoms with Crippen LogP contribution in [0.4, 0.5) is 13.2 Å². The van der Waals surface area contributed by atoms with Crippen LogP contribution in [-0.2, 0) is 9.53 Å². The number of carbonyl (C=O) groups excluding carboxylic acids is 1. The zero-order valence-electron chi connectivity index (χ0n) is 18.6. The molecule has 0 aromatic carbocycles. The van der Waals surface area contributed by atoms with Gasteiger partial charge >= 0.3 is 12.1 Å². The second kappa shape index (κ2) is 11.0. The first-order valence-corrected chi connectivity index (χ1v) is 10.6. The highest BCUT2D eigenvalue weighted by Gasteiger charge is 2.48. The lowest BCUT2D eigenvalue weighted by Crippen LogP contribution is -2.47. The minimum atomic E-state index is -5.08. The van der Waals surface area contributed by atoms with Crippen LogP contribution < -0.4 is 0 Å². The minimum Gasteiger partial charge on any atom is -0.475 e. The number of aliphatic carboxylic acids is 1. The molecule has 3 rings (SSSR count). The van der Waals surface area contributed by atoms with Gasteiger partial charge in [-0.25, -0.2) is 14.8 Å². The fourth-order valence-corrected chi connectivity index (χ4v) is 4.50. The lowest BCUT2D eigenvalue weighted by molar-refractivity contribution is -0.192. The highest BCUT2D eigenvalue weighted by atomic mass is 19.4. The number of halogens is 3. The number of ether oxygens (including phenoxy) is 1. The van der Waals surface area contributed by atoms with Crippen molar-refractivity contribution in [3.05, 3.63) is 24.3 Å². The van der Waals surface area contributed by atoms with Gasteiger partial charge in [0.05, 0.1) is 6.61 Å². The molecule has 0 radical (unpaired) electrons. The van der Waals surface area contributed by atoms with Gasteiger partial charge in [0.1, 0.15) is 0 Å². The third-order valence-corrected chi connectivity index (χ3v) is 5.92. The topological polar surface area (TPSA) is 95.9 Å². The van der Waals surface area contributed by atoms with E-state index in [1.54, 1.807) is 25.6 Å². The maximum atomic E-state index is 12.6.